The van der Waals surface area contributed by atoms with Crippen molar-refractivity contribution in [3.8, 4) is 0 Å². The van der Waals surface area contributed by atoms with Gasteiger partial charge in [0.15, 0.2) is 0 Å². The molecule has 5 heteroatoms. The van der Waals surface area contributed by atoms with Crippen molar-refractivity contribution in [3.63, 3.8) is 0 Å². The molecule has 0 spiro atoms. The van der Waals surface area contributed by atoms with E-state index in [-0.39, 0.29) is 5.91 Å². The molecule has 1 aliphatic heterocycles. The smallest absolute Gasteiger partial charge is 0.242 e. The summed E-state index contributed by atoms with van der Waals surface area (Å²) < 4.78 is 0. The van der Waals surface area contributed by atoms with E-state index in [9.17, 15) is 4.79 Å². The van der Waals surface area contributed by atoms with Gasteiger partial charge in [0.2, 0.25) is 5.91 Å². The minimum absolute atomic E-state index is 0.172. The number of piperazine rings is 1. The Kier molecular flexibility index (Phi) is 6.05. The maximum absolute atomic E-state index is 13.1. The first-order chi connectivity index (χ1) is 14.3. The first-order valence-electron chi connectivity index (χ1n) is 10.1. The van der Waals surface area contributed by atoms with Crippen molar-refractivity contribution in [2.75, 3.05) is 42.5 Å². The largest absolute Gasteiger partial charge is 0.358 e. The predicted molar refractivity (Wildman–Crippen MR) is 117 cm³/mol. The van der Waals surface area contributed by atoms with Crippen LogP contribution in [0.15, 0.2) is 85.1 Å². The van der Waals surface area contributed by atoms with Crippen LogP contribution in [-0.2, 0) is 11.3 Å². The van der Waals surface area contributed by atoms with Crippen LogP contribution in [0.1, 0.15) is 5.56 Å². The maximum atomic E-state index is 13.1. The Hall–Kier alpha value is -3.34. The number of rotatable bonds is 6. The number of hydrogen-bond acceptors (Lipinski definition) is 4. The van der Waals surface area contributed by atoms with Crippen LogP contribution in [0, 0.1) is 0 Å². The zero-order valence-electron chi connectivity index (χ0n) is 16.5. The van der Waals surface area contributed by atoms with Crippen LogP contribution < -0.4 is 9.80 Å². The average molecular weight is 386 g/mol. The Morgan fingerprint density at radius 2 is 1.48 bits per heavy atom. The van der Waals surface area contributed by atoms with E-state index in [1.54, 1.807) is 0 Å². The molecule has 1 aromatic heterocycles. The first kappa shape index (κ1) is 19.0. The SMILES string of the molecule is O=C(CN(Cc1ccccc1)c1ccccc1)N1CCN(c2ccccn2)CC1. The number of anilines is 2. The number of benzene rings is 2. The molecule has 1 amide bonds. The Labute approximate surface area is 172 Å². The average Bonchev–Trinajstić information content (AvgIpc) is 2.80. The quantitative estimate of drug-likeness (QED) is 0.651. The fraction of sp³-hybridized carbons (Fsp3) is 0.250. The minimum atomic E-state index is 0.172. The highest BCUT2D eigenvalue weighted by Gasteiger charge is 2.23. The topological polar surface area (TPSA) is 39.7 Å². The van der Waals surface area contributed by atoms with Crippen molar-refractivity contribution in [1.82, 2.24) is 9.88 Å². The van der Waals surface area contributed by atoms with Crippen molar-refractivity contribution < 1.29 is 4.79 Å². The lowest BCUT2D eigenvalue weighted by molar-refractivity contribution is -0.130. The van der Waals surface area contributed by atoms with Gasteiger partial charge in [-0.2, -0.15) is 0 Å². The van der Waals surface area contributed by atoms with E-state index in [2.05, 4.69) is 39.0 Å². The first-order valence-corrected chi connectivity index (χ1v) is 10.1. The van der Waals surface area contributed by atoms with E-state index in [1.807, 2.05) is 65.7 Å². The molecule has 2 heterocycles. The van der Waals surface area contributed by atoms with Gasteiger partial charge in [-0.3, -0.25) is 4.79 Å². The summed E-state index contributed by atoms with van der Waals surface area (Å²) >= 11 is 0. The number of nitrogens with zero attached hydrogens (tertiary/aromatic N) is 4. The molecule has 0 saturated carbocycles. The van der Waals surface area contributed by atoms with Gasteiger partial charge in [-0.15, -0.1) is 0 Å². The van der Waals surface area contributed by atoms with Gasteiger partial charge >= 0.3 is 0 Å². The van der Waals surface area contributed by atoms with E-state index < -0.39 is 0 Å². The van der Waals surface area contributed by atoms with Crippen LogP contribution in [0.25, 0.3) is 0 Å². The summed E-state index contributed by atoms with van der Waals surface area (Å²) in [6.07, 6.45) is 1.81. The second-order valence-electron chi connectivity index (χ2n) is 7.23. The molecule has 5 nitrogen and oxygen atoms in total. The maximum Gasteiger partial charge on any atom is 0.242 e. The second kappa shape index (κ2) is 9.24. The lowest BCUT2D eigenvalue weighted by atomic mass is 10.2. The number of para-hydroxylation sites is 1. The third-order valence-corrected chi connectivity index (χ3v) is 5.27. The van der Waals surface area contributed by atoms with E-state index in [0.29, 0.717) is 13.1 Å². The number of pyridine rings is 1. The Bertz CT molecular complexity index is 894. The van der Waals surface area contributed by atoms with Crippen molar-refractivity contribution >= 4 is 17.4 Å². The molecule has 0 N–H and O–H groups in total. The highest BCUT2D eigenvalue weighted by Crippen LogP contribution is 2.18. The molecule has 148 valence electrons. The predicted octanol–water partition coefficient (Wildman–Crippen LogP) is 3.44. The lowest BCUT2D eigenvalue weighted by Crippen LogP contribution is -2.51. The molecule has 2 aromatic carbocycles. The van der Waals surface area contributed by atoms with Gasteiger partial charge in [-0.05, 0) is 29.8 Å². The normalized spacial score (nSPS) is 13.9. The second-order valence-corrected chi connectivity index (χ2v) is 7.23. The summed E-state index contributed by atoms with van der Waals surface area (Å²) in [5, 5.41) is 0. The summed E-state index contributed by atoms with van der Waals surface area (Å²) in [5.74, 6) is 1.15. The molecular weight excluding hydrogens is 360 g/mol. The lowest BCUT2D eigenvalue weighted by Gasteiger charge is -2.36. The third-order valence-electron chi connectivity index (χ3n) is 5.27. The molecular formula is C24H26N4O. The zero-order chi connectivity index (χ0) is 19.9. The molecule has 4 rings (SSSR count). The van der Waals surface area contributed by atoms with E-state index in [0.717, 1.165) is 37.7 Å². The van der Waals surface area contributed by atoms with Crippen LogP contribution in [-0.4, -0.2) is 48.5 Å². The molecule has 1 aliphatic rings. The number of hydrogen-bond donors (Lipinski definition) is 0. The van der Waals surface area contributed by atoms with Crippen molar-refractivity contribution in [1.29, 1.82) is 0 Å². The molecule has 0 aliphatic carbocycles. The summed E-state index contributed by atoms with van der Waals surface area (Å²) in [6.45, 7) is 4.17. The number of carbonyl (C=O) groups excluding carboxylic acids is 1. The molecule has 0 unspecified atom stereocenters. The van der Waals surface area contributed by atoms with Gasteiger partial charge < -0.3 is 14.7 Å². The molecule has 3 aromatic rings. The van der Waals surface area contributed by atoms with E-state index in [4.69, 9.17) is 0 Å². The fourth-order valence-electron chi connectivity index (χ4n) is 3.67. The Balaban J connectivity index is 1.40. The zero-order valence-corrected chi connectivity index (χ0v) is 16.5. The van der Waals surface area contributed by atoms with Gasteiger partial charge in [0.05, 0.1) is 6.54 Å². The Morgan fingerprint density at radius 3 is 2.14 bits per heavy atom. The third kappa shape index (κ3) is 4.93. The van der Waals surface area contributed by atoms with Gasteiger partial charge in [-0.1, -0.05) is 54.6 Å². The number of carbonyl (C=O) groups is 1. The summed E-state index contributed by atoms with van der Waals surface area (Å²) in [5.41, 5.74) is 2.26. The van der Waals surface area contributed by atoms with Gasteiger partial charge in [0.1, 0.15) is 5.82 Å². The van der Waals surface area contributed by atoms with Crippen molar-refractivity contribution in [2.24, 2.45) is 0 Å². The van der Waals surface area contributed by atoms with Gasteiger partial charge in [0, 0.05) is 44.6 Å². The van der Waals surface area contributed by atoms with Gasteiger partial charge in [0.25, 0.3) is 0 Å². The molecule has 0 atom stereocenters. The minimum Gasteiger partial charge on any atom is -0.358 e. The molecule has 0 bridgehead atoms. The van der Waals surface area contributed by atoms with E-state index in [1.165, 1.54) is 5.56 Å². The van der Waals surface area contributed by atoms with Gasteiger partial charge in [-0.25, -0.2) is 4.98 Å². The van der Waals surface area contributed by atoms with Crippen molar-refractivity contribution in [2.45, 2.75) is 6.54 Å². The van der Waals surface area contributed by atoms with Crippen LogP contribution in [0.5, 0.6) is 0 Å². The fourth-order valence-corrected chi connectivity index (χ4v) is 3.67. The highest BCUT2D eigenvalue weighted by molar-refractivity contribution is 5.81. The Morgan fingerprint density at radius 1 is 0.828 bits per heavy atom. The molecule has 0 radical (unpaired) electrons. The van der Waals surface area contributed by atoms with Crippen LogP contribution in [0.2, 0.25) is 0 Å². The molecule has 1 fully saturated rings. The van der Waals surface area contributed by atoms with Crippen LogP contribution in [0.3, 0.4) is 0 Å². The molecule has 1 saturated heterocycles. The standard InChI is InChI=1S/C24H26N4O/c29-24(27-17-15-26(16-18-27)23-13-7-8-14-25-23)20-28(22-11-5-2-6-12-22)19-21-9-3-1-4-10-21/h1-14H,15-20H2. The van der Waals surface area contributed by atoms with Crippen molar-refractivity contribution in [3.05, 3.63) is 90.6 Å². The number of amides is 1. The van der Waals surface area contributed by atoms with Crippen LogP contribution >= 0.6 is 0 Å². The monoisotopic (exact) mass is 386 g/mol. The number of aromatic nitrogens is 1. The summed E-state index contributed by atoms with van der Waals surface area (Å²) in [4.78, 5) is 23.9. The van der Waals surface area contributed by atoms with E-state index >= 15 is 0 Å². The molecule has 29 heavy (non-hydrogen) atoms. The summed E-state index contributed by atoms with van der Waals surface area (Å²) in [6, 6.07) is 26.4. The summed E-state index contributed by atoms with van der Waals surface area (Å²) in [7, 11) is 0. The highest BCUT2D eigenvalue weighted by atomic mass is 16.2. The van der Waals surface area contributed by atoms with Crippen LogP contribution in [0.4, 0.5) is 11.5 Å².